The van der Waals surface area contributed by atoms with E-state index in [9.17, 15) is 0 Å². The monoisotopic (exact) mass is 404 g/mol. The predicted octanol–water partition coefficient (Wildman–Crippen LogP) is 5.56. The van der Waals surface area contributed by atoms with Crippen LogP contribution >= 0.6 is 11.5 Å². The zero-order valence-corrected chi connectivity index (χ0v) is 17.2. The first-order valence-corrected chi connectivity index (χ1v) is 9.78. The molecule has 0 aliphatic carbocycles. The van der Waals surface area contributed by atoms with E-state index in [1.807, 2.05) is 30.5 Å². The molecule has 0 atom stereocenters. The van der Waals surface area contributed by atoms with Gasteiger partial charge in [0.15, 0.2) is 11.5 Å². The fourth-order valence-electron chi connectivity index (χ4n) is 3.25. The second-order valence-corrected chi connectivity index (χ2v) is 7.10. The van der Waals surface area contributed by atoms with Gasteiger partial charge < -0.3 is 14.2 Å². The molecule has 6 heteroatoms. The van der Waals surface area contributed by atoms with Crippen LogP contribution in [0.2, 0.25) is 0 Å². The van der Waals surface area contributed by atoms with Crippen LogP contribution in [-0.4, -0.2) is 30.7 Å². The molecule has 0 unspecified atom stereocenters. The maximum absolute atomic E-state index is 5.50. The zero-order valence-electron chi connectivity index (χ0n) is 16.4. The third kappa shape index (κ3) is 3.67. The topological polar surface area (TPSA) is 53.5 Å². The fraction of sp³-hybridized carbons (Fsp3) is 0.130. The molecular weight excluding hydrogens is 384 g/mol. The van der Waals surface area contributed by atoms with Gasteiger partial charge in [-0.15, -0.1) is 0 Å². The van der Waals surface area contributed by atoms with Crippen LogP contribution in [0.4, 0.5) is 0 Å². The number of methoxy groups -OCH3 is 3. The summed E-state index contributed by atoms with van der Waals surface area (Å²) in [5, 5.41) is 0. The summed E-state index contributed by atoms with van der Waals surface area (Å²) in [4.78, 5) is 5.12. The number of rotatable bonds is 6. The largest absolute Gasteiger partial charge is 0.493 e. The van der Waals surface area contributed by atoms with Crippen molar-refractivity contribution < 1.29 is 14.2 Å². The second kappa shape index (κ2) is 8.32. The van der Waals surface area contributed by atoms with E-state index in [4.69, 9.17) is 14.2 Å². The minimum absolute atomic E-state index is 0.575. The summed E-state index contributed by atoms with van der Waals surface area (Å²) < 4.78 is 20.9. The standard InChI is InChI=1S/C23H20N2O3S/c1-26-20-12-18(13-21(27-2)22(20)28-3)23-19(14-25-29-23)17-6-4-15(5-7-17)16-8-10-24-11-9-16/h4-14H,1-3H3. The van der Waals surface area contributed by atoms with Gasteiger partial charge in [0, 0.05) is 29.7 Å². The van der Waals surface area contributed by atoms with Crippen LogP contribution in [0.3, 0.4) is 0 Å². The van der Waals surface area contributed by atoms with Crippen molar-refractivity contribution in [1.82, 2.24) is 9.36 Å². The van der Waals surface area contributed by atoms with E-state index in [1.54, 1.807) is 33.7 Å². The average molecular weight is 404 g/mol. The lowest BCUT2D eigenvalue weighted by Crippen LogP contribution is -1.95. The molecule has 0 aliphatic heterocycles. The van der Waals surface area contributed by atoms with E-state index in [0.29, 0.717) is 17.2 Å². The third-order valence-corrected chi connectivity index (χ3v) is 5.56. The van der Waals surface area contributed by atoms with Crippen molar-refractivity contribution in [1.29, 1.82) is 0 Å². The van der Waals surface area contributed by atoms with E-state index in [1.165, 1.54) is 11.5 Å². The first kappa shape index (κ1) is 19.0. The highest BCUT2D eigenvalue weighted by Crippen LogP contribution is 2.44. The van der Waals surface area contributed by atoms with Crippen molar-refractivity contribution >= 4 is 11.5 Å². The first-order valence-electron chi connectivity index (χ1n) is 9.01. The van der Waals surface area contributed by atoms with E-state index in [-0.39, 0.29) is 0 Å². The van der Waals surface area contributed by atoms with Gasteiger partial charge in [0.05, 0.1) is 26.2 Å². The summed E-state index contributed by atoms with van der Waals surface area (Å²) in [6, 6.07) is 16.4. The summed E-state index contributed by atoms with van der Waals surface area (Å²) in [6.07, 6.45) is 5.49. The zero-order chi connectivity index (χ0) is 20.2. The minimum atomic E-state index is 0.575. The van der Waals surface area contributed by atoms with Crippen molar-refractivity contribution in [3.8, 4) is 49.9 Å². The van der Waals surface area contributed by atoms with Crippen molar-refractivity contribution in [2.75, 3.05) is 21.3 Å². The van der Waals surface area contributed by atoms with E-state index < -0.39 is 0 Å². The smallest absolute Gasteiger partial charge is 0.203 e. The molecule has 0 spiro atoms. The molecule has 4 rings (SSSR count). The Morgan fingerprint density at radius 3 is 1.86 bits per heavy atom. The van der Waals surface area contributed by atoms with Crippen molar-refractivity contribution in [3.63, 3.8) is 0 Å². The van der Waals surface area contributed by atoms with Crippen LogP contribution in [0.1, 0.15) is 0 Å². The van der Waals surface area contributed by atoms with Crippen LogP contribution in [0, 0.1) is 0 Å². The molecule has 0 amide bonds. The molecule has 2 aromatic heterocycles. The van der Waals surface area contributed by atoms with Crippen LogP contribution in [0.15, 0.2) is 67.1 Å². The number of nitrogens with zero attached hydrogens (tertiary/aromatic N) is 2. The van der Waals surface area contributed by atoms with Gasteiger partial charge in [-0.25, -0.2) is 0 Å². The van der Waals surface area contributed by atoms with Crippen molar-refractivity contribution in [2.24, 2.45) is 0 Å². The van der Waals surface area contributed by atoms with Crippen LogP contribution < -0.4 is 14.2 Å². The Balaban J connectivity index is 1.74. The Kier molecular flexibility index (Phi) is 5.44. The molecule has 0 saturated heterocycles. The molecule has 0 bridgehead atoms. The van der Waals surface area contributed by atoms with E-state index >= 15 is 0 Å². The summed E-state index contributed by atoms with van der Waals surface area (Å²) >= 11 is 1.44. The summed E-state index contributed by atoms with van der Waals surface area (Å²) in [7, 11) is 4.83. The first-order chi connectivity index (χ1) is 14.2. The van der Waals surface area contributed by atoms with Gasteiger partial charge in [0.25, 0.3) is 0 Å². The number of pyridine rings is 1. The highest BCUT2D eigenvalue weighted by atomic mass is 32.1. The molecule has 0 radical (unpaired) electrons. The number of ether oxygens (including phenoxy) is 3. The normalized spacial score (nSPS) is 10.6. The maximum Gasteiger partial charge on any atom is 0.203 e. The SMILES string of the molecule is COc1cc(-c2sncc2-c2ccc(-c3ccncc3)cc2)cc(OC)c1OC. The van der Waals surface area contributed by atoms with Gasteiger partial charge in [0.2, 0.25) is 5.75 Å². The molecule has 2 aromatic carbocycles. The molecular formula is C23H20N2O3S. The minimum Gasteiger partial charge on any atom is -0.493 e. The van der Waals surface area contributed by atoms with Crippen LogP contribution in [-0.2, 0) is 0 Å². The molecule has 0 N–H and O–H groups in total. The molecule has 4 aromatic rings. The number of aromatic nitrogens is 2. The van der Waals surface area contributed by atoms with Gasteiger partial charge >= 0.3 is 0 Å². The third-order valence-electron chi connectivity index (χ3n) is 4.71. The lowest BCUT2D eigenvalue weighted by molar-refractivity contribution is 0.324. The highest BCUT2D eigenvalue weighted by molar-refractivity contribution is 7.10. The lowest BCUT2D eigenvalue weighted by atomic mass is 9.99. The molecule has 146 valence electrons. The highest BCUT2D eigenvalue weighted by Gasteiger charge is 2.18. The maximum atomic E-state index is 5.50. The van der Waals surface area contributed by atoms with E-state index in [2.05, 4.69) is 33.6 Å². The Morgan fingerprint density at radius 2 is 1.28 bits per heavy atom. The number of hydrogen-bond acceptors (Lipinski definition) is 6. The number of hydrogen-bond donors (Lipinski definition) is 0. The number of benzene rings is 2. The van der Waals surface area contributed by atoms with Gasteiger partial charge in [0.1, 0.15) is 0 Å². The Labute approximate surface area is 173 Å². The van der Waals surface area contributed by atoms with Gasteiger partial charge in [-0.3, -0.25) is 4.98 Å². The Bertz CT molecular complexity index is 1080. The van der Waals surface area contributed by atoms with Gasteiger partial charge in [-0.2, -0.15) is 4.37 Å². The van der Waals surface area contributed by atoms with Gasteiger partial charge in [-0.05, 0) is 52.5 Å². The van der Waals surface area contributed by atoms with Crippen LogP contribution in [0.5, 0.6) is 17.2 Å². The lowest BCUT2D eigenvalue weighted by Gasteiger charge is -2.14. The van der Waals surface area contributed by atoms with Gasteiger partial charge in [-0.1, -0.05) is 24.3 Å². The molecule has 0 aliphatic rings. The summed E-state index contributed by atoms with van der Waals surface area (Å²) in [5.74, 6) is 1.81. The Hall–Kier alpha value is -3.38. The van der Waals surface area contributed by atoms with Crippen LogP contribution in [0.25, 0.3) is 32.7 Å². The molecule has 0 saturated carbocycles. The second-order valence-electron chi connectivity index (χ2n) is 6.30. The summed E-state index contributed by atoms with van der Waals surface area (Å²) in [5.41, 5.74) is 5.41. The quantitative estimate of drug-likeness (QED) is 0.421. The fourth-order valence-corrected chi connectivity index (χ4v) is 4.01. The average Bonchev–Trinajstić information content (AvgIpc) is 3.28. The molecule has 2 heterocycles. The molecule has 5 nitrogen and oxygen atoms in total. The molecule has 0 fully saturated rings. The molecule has 29 heavy (non-hydrogen) atoms. The van der Waals surface area contributed by atoms with E-state index in [0.717, 1.165) is 32.7 Å². The predicted molar refractivity (Wildman–Crippen MR) is 116 cm³/mol. The van der Waals surface area contributed by atoms with Crippen molar-refractivity contribution in [3.05, 3.63) is 67.1 Å². The Morgan fingerprint density at radius 1 is 0.690 bits per heavy atom. The summed E-state index contributed by atoms with van der Waals surface area (Å²) in [6.45, 7) is 0. The van der Waals surface area contributed by atoms with Crippen molar-refractivity contribution in [2.45, 2.75) is 0 Å².